The van der Waals surface area contributed by atoms with Crippen molar-refractivity contribution >= 4 is 28.8 Å². The quantitative estimate of drug-likeness (QED) is 0.581. The van der Waals surface area contributed by atoms with Crippen LogP contribution in [-0.2, 0) is 17.8 Å². The third-order valence-corrected chi connectivity index (χ3v) is 6.07. The summed E-state index contributed by atoms with van der Waals surface area (Å²) in [7, 11) is 0. The Labute approximate surface area is 176 Å². The third-order valence-electron chi connectivity index (χ3n) is 5.72. The normalized spacial score (nSPS) is 24.5. The monoisotopic (exact) mass is 409 g/mol. The summed E-state index contributed by atoms with van der Waals surface area (Å²) in [6.07, 6.45) is 0.0953. The fraction of sp³-hybridized carbons (Fsp3) is 0.364. The highest BCUT2D eigenvalue weighted by molar-refractivity contribution is 7.80. The summed E-state index contributed by atoms with van der Waals surface area (Å²) >= 11 is 5.54. The molecule has 152 valence electrons. The van der Waals surface area contributed by atoms with Crippen LogP contribution in [0.15, 0.2) is 42.5 Å². The molecule has 4 rings (SSSR count). The highest BCUT2D eigenvalue weighted by Gasteiger charge is 2.39. The molecule has 2 aliphatic rings. The van der Waals surface area contributed by atoms with Gasteiger partial charge in [-0.1, -0.05) is 54.2 Å². The molecule has 2 aliphatic heterocycles. The lowest BCUT2D eigenvalue weighted by atomic mass is 9.99. The lowest BCUT2D eigenvalue weighted by Crippen LogP contribution is -2.71. The van der Waals surface area contributed by atoms with Crippen molar-refractivity contribution in [1.29, 1.82) is 0 Å². The molecule has 2 aromatic rings. The number of carbonyl (C=O) groups excluding carboxylic acids is 1. The number of amides is 1. The van der Waals surface area contributed by atoms with Crippen LogP contribution < -0.4 is 21.7 Å². The molecule has 0 bridgehead atoms. The Kier molecular flexibility index (Phi) is 5.65. The maximum atomic E-state index is 12.9. The largest absolute Gasteiger partial charge is 0.349 e. The molecule has 2 aromatic carbocycles. The van der Waals surface area contributed by atoms with Crippen molar-refractivity contribution in [2.75, 3.05) is 11.9 Å². The fourth-order valence-electron chi connectivity index (χ4n) is 4.09. The predicted molar refractivity (Wildman–Crippen MR) is 119 cm³/mol. The van der Waals surface area contributed by atoms with E-state index in [1.54, 1.807) is 0 Å². The van der Waals surface area contributed by atoms with Gasteiger partial charge < -0.3 is 16.4 Å². The lowest BCUT2D eigenvalue weighted by molar-refractivity contribution is -0.129. The van der Waals surface area contributed by atoms with E-state index in [-0.39, 0.29) is 12.2 Å². The summed E-state index contributed by atoms with van der Waals surface area (Å²) in [6, 6.07) is 14.5. The smallest absolute Gasteiger partial charge is 0.235 e. The van der Waals surface area contributed by atoms with Crippen LogP contribution in [0.4, 0.5) is 5.69 Å². The summed E-state index contributed by atoms with van der Waals surface area (Å²) in [5.41, 5.74) is 12.2. The van der Waals surface area contributed by atoms with Crippen molar-refractivity contribution in [3.8, 4) is 0 Å². The number of rotatable bonds is 3. The number of hydrogen-bond donors (Lipinski definition) is 4. The van der Waals surface area contributed by atoms with Crippen molar-refractivity contribution < 1.29 is 4.79 Å². The van der Waals surface area contributed by atoms with Gasteiger partial charge in [-0.25, -0.2) is 0 Å². The SMILES string of the molecule is Cc1ccc(NC(=S)C2C(=O)NC(N3CCc4ccccc4C3)NC2N)c(C)c1. The van der Waals surface area contributed by atoms with Crippen molar-refractivity contribution in [3.63, 3.8) is 0 Å². The van der Waals surface area contributed by atoms with Crippen LogP contribution >= 0.6 is 12.2 Å². The zero-order valence-electron chi connectivity index (χ0n) is 16.7. The Hall–Kier alpha value is -2.32. The standard InChI is InChI=1S/C22H27N5OS/c1-13-7-8-17(14(2)11-13)24-21(29)18-19(23)25-22(26-20(18)28)27-10-9-15-5-3-4-6-16(15)12-27/h3-8,11,18-19,22,25H,9-10,12,23H2,1-2H3,(H,24,29)(H,26,28). The Morgan fingerprint density at radius 2 is 1.97 bits per heavy atom. The van der Waals surface area contributed by atoms with Gasteiger partial charge in [-0.2, -0.15) is 0 Å². The van der Waals surface area contributed by atoms with E-state index < -0.39 is 12.1 Å². The number of fused-ring (bicyclic) bond motifs is 1. The Bertz CT molecular complexity index is 947. The molecule has 6 nitrogen and oxygen atoms in total. The molecular formula is C22H27N5OS. The molecule has 5 N–H and O–H groups in total. The van der Waals surface area contributed by atoms with Gasteiger partial charge in [-0.05, 0) is 43.0 Å². The highest BCUT2D eigenvalue weighted by Crippen LogP contribution is 2.22. The minimum atomic E-state index is -0.626. The van der Waals surface area contributed by atoms with E-state index in [0.717, 1.165) is 30.8 Å². The molecule has 1 saturated heterocycles. The molecule has 3 atom stereocenters. The minimum absolute atomic E-state index is 0.151. The molecular weight excluding hydrogens is 382 g/mol. The number of nitrogens with zero attached hydrogens (tertiary/aromatic N) is 1. The van der Waals surface area contributed by atoms with Crippen LogP contribution in [0.2, 0.25) is 0 Å². The van der Waals surface area contributed by atoms with Gasteiger partial charge >= 0.3 is 0 Å². The van der Waals surface area contributed by atoms with Crippen LogP contribution in [0.5, 0.6) is 0 Å². The predicted octanol–water partition coefficient (Wildman–Crippen LogP) is 2.01. The number of hydrogen-bond acceptors (Lipinski definition) is 5. The number of carbonyl (C=O) groups is 1. The third kappa shape index (κ3) is 4.18. The Morgan fingerprint density at radius 1 is 1.21 bits per heavy atom. The second-order valence-corrected chi connectivity index (χ2v) is 8.32. The van der Waals surface area contributed by atoms with Crippen LogP contribution in [0.1, 0.15) is 22.3 Å². The van der Waals surface area contributed by atoms with E-state index in [1.165, 1.54) is 16.7 Å². The van der Waals surface area contributed by atoms with Crippen LogP contribution in [0.25, 0.3) is 0 Å². The van der Waals surface area contributed by atoms with Crippen LogP contribution in [0.3, 0.4) is 0 Å². The average Bonchev–Trinajstić information content (AvgIpc) is 2.69. The lowest BCUT2D eigenvalue weighted by Gasteiger charge is -2.42. The van der Waals surface area contributed by atoms with Gasteiger partial charge in [0, 0.05) is 18.8 Å². The summed E-state index contributed by atoms with van der Waals surface area (Å²) < 4.78 is 0. The molecule has 0 aliphatic carbocycles. The number of benzene rings is 2. The van der Waals surface area contributed by atoms with E-state index >= 15 is 0 Å². The van der Waals surface area contributed by atoms with E-state index in [0.29, 0.717) is 4.99 Å². The number of aryl methyl sites for hydroxylation is 2. The Balaban J connectivity index is 1.43. The first kappa shape index (κ1) is 20.0. The molecule has 0 radical (unpaired) electrons. The van der Waals surface area contributed by atoms with Gasteiger partial charge in [0.2, 0.25) is 5.91 Å². The first-order valence-corrected chi connectivity index (χ1v) is 10.3. The average molecular weight is 410 g/mol. The van der Waals surface area contributed by atoms with E-state index in [1.807, 2.05) is 32.0 Å². The summed E-state index contributed by atoms with van der Waals surface area (Å²) in [6.45, 7) is 5.69. The van der Waals surface area contributed by atoms with Gasteiger partial charge in [-0.3, -0.25) is 15.0 Å². The van der Waals surface area contributed by atoms with Crippen LogP contribution in [-0.4, -0.2) is 34.8 Å². The first-order valence-electron chi connectivity index (χ1n) is 9.93. The zero-order valence-corrected chi connectivity index (χ0v) is 17.6. The van der Waals surface area contributed by atoms with Gasteiger partial charge in [0.15, 0.2) is 0 Å². The van der Waals surface area contributed by atoms with E-state index in [9.17, 15) is 4.79 Å². The summed E-state index contributed by atoms with van der Waals surface area (Å²) in [4.78, 5) is 15.5. The molecule has 0 spiro atoms. The van der Waals surface area contributed by atoms with Crippen molar-refractivity contribution in [2.24, 2.45) is 11.7 Å². The number of nitrogens with two attached hydrogens (primary N) is 1. The molecule has 0 saturated carbocycles. The van der Waals surface area contributed by atoms with E-state index in [2.05, 4.69) is 45.1 Å². The molecule has 2 heterocycles. The summed E-state index contributed by atoms with van der Waals surface area (Å²) in [5.74, 6) is -0.776. The maximum absolute atomic E-state index is 12.9. The Morgan fingerprint density at radius 3 is 2.69 bits per heavy atom. The molecule has 29 heavy (non-hydrogen) atoms. The van der Waals surface area contributed by atoms with Gasteiger partial charge in [0.1, 0.15) is 12.2 Å². The minimum Gasteiger partial charge on any atom is -0.349 e. The molecule has 7 heteroatoms. The summed E-state index contributed by atoms with van der Waals surface area (Å²) in [5, 5.41) is 9.60. The van der Waals surface area contributed by atoms with Crippen molar-refractivity contribution in [2.45, 2.75) is 39.3 Å². The van der Waals surface area contributed by atoms with Crippen molar-refractivity contribution in [3.05, 3.63) is 64.7 Å². The molecule has 3 unspecified atom stereocenters. The number of anilines is 1. The number of nitrogens with one attached hydrogen (secondary N) is 3. The maximum Gasteiger partial charge on any atom is 0.235 e. The fourth-order valence-corrected chi connectivity index (χ4v) is 4.45. The van der Waals surface area contributed by atoms with Gasteiger partial charge in [0.25, 0.3) is 0 Å². The second kappa shape index (κ2) is 8.20. The first-order chi connectivity index (χ1) is 13.9. The molecule has 1 fully saturated rings. The molecule has 1 amide bonds. The molecule has 0 aromatic heterocycles. The van der Waals surface area contributed by atoms with Gasteiger partial charge in [-0.15, -0.1) is 0 Å². The van der Waals surface area contributed by atoms with Crippen molar-refractivity contribution in [1.82, 2.24) is 15.5 Å². The van der Waals surface area contributed by atoms with Gasteiger partial charge in [0.05, 0.1) is 11.2 Å². The highest BCUT2D eigenvalue weighted by atomic mass is 32.1. The van der Waals surface area contributed by atoms with Crippen LogP contribution in [0, 0.1) is 19.8 Å². The topological polar surface area (TPSA) is 82.4 Å². The van der Waals surface area contributed by atoms with E-state index in [4.69, 9.17) is 18.0 Å². The zero-order chi connectivity index (χ0) is 20.5. The second-order valence-electron chi connectivity index (χ2n) is 7.88. The number of thiocarbonyl (C=S) groups is 1.